The van der Waals surface area contributed by atoms with Crippen molar-refractivity contribution in [1.82, 2.24) is 0 Å². The minimum Gasteiger partial charge on any atom is -0.481 e. The Balaban J connectivity index is 3.83. The monoisotopic (exact) mass is 703 g/mol. The van der Waals surface area contributed by atoms with Crippen molar-refractivity contribution in [2.75, 3.05) is 0 Å². The van der Waals surface area contributed by atoms with Crippen LogP contribution < -0.4 is 0 Å². The fraction of sp³-hybridized carbons (Fsp3) is 0.870. The van der Waals surface area contributed by atoms with Crippen LogP contribution in [-0.4, -0.2) is 23.1 Å². The van der Waals surface area contributed by atoms with Crippen molar-refractivity contribution in [2.24, 2.45) is 0 Å². The quantitative estimate of drug-likeness (QED) is 0.0391. The number of esters is 1. The van der Waals surface area contributed by atoms with Gasteiger partial charge in [0.15, 0.2) is 0 Å². The Morgan fingerprint density at radius 3 is 1.24 bits per heavy atom. The second kappa shape index (κ2) is 41.8. The SMILES string of the molecule is CCCCC/C=C\C/C=C\CCCCCCCCCCCCCC(=O)OC(CCCCCCCCCCCCCCC)CCCCCC(=O)O. The molecule has 1 unspecified atom stereocenters. The van der Waals surface area contributed by atoms with Crippen LogP contribution in [0.5, 0.6) is 0 Å². The first-order valence-corrected chi connectivity index (χ1v) is 22.3. The van der Waals surface area contributed by atoms with Crippen molar-refractivity contribution < 1.29 is 19.4 Å². The number of carbonyl (C=O) groups is 2. The Hall–Kier alpha value is -1.58. The normalized spacial score (nSPS) is 12.4. The highest BCUT2D eigenvalue weighted by atomic mass is 16.5. The van der Waals surface area contributed by atoms with Gasteiger partial charge in [0.05, 0.1) is 0 Å². The summed E-state index contributed by atoms with van der Waals surface area (Å²) in [7, 11) is 0. The highest BCUT2D eigenvalue weighted by molar-refractivity contribution is 5.69. The summed E-state index contributed by atoms with van der Waals surface area (Å²) in [4.78, 5) is 23.5. The van der Waals surface area contributed by atoms with Gasteiger partial charge in [-0.25, -0.2) is 0 Å². The topological polar surface area (TPSA) is 63.6 Å². The maximum Gasteiger partial charge on any atom is 0.306 e. The molecule has 0 aliphatic rings. The van der Waals surface area contributed by atoms with Crippen LogP contribution in [0.3, 0.4) is 0 Å². The number of hydrogen-bond donors (Lipinski definition) is 1. The molecule has 0 rings (SSSR count). The van der Waals surface area contributed by atoms with Crippen LogP contribution >= 0.6 is 0 Å². The van der Waals surface area contributed by atoms with E-state index < -0.39 is 5.97 Å². The molecule has 0 saturated carbocycles. The number of unbranched alkanes of at least 4 members (excludes halogenated alkanes) is 28. The third-order valence-corrected chi connectivity index (χ3v) is 10.2. The Kier molecular flexibility index (Phi) is 40.5. The van der Waals surface area contributed by atoms with Crippen LogP contribution in [0.25, 0.3) is 0 Å². The summed E-state index contributed by atoms with van der Waals surface area (Å²) in [5.41, 5.74) is 0. The van der Waals surface area contributed by atoms with Crippen molar-refractivity contribution in [1.29, 1.82) is 0 Å². The average Bonchev–Trinajstić information content (AvgIpc) is 3.10. The lowest BCUT2D eigenvalue weighted by Gasteiger charge is -2.18. The molecule has 0 heterocycles. The zero-order chi connectivity index (χ0) is 36.4. The summed E-state index contributed by atoms with van der Waals surface area (Å²) in [5, 5.41) is 8.92. The van der Waals surface area contributed by atoms with E-state index in [9.17, 15) is 9.59 Å². The lowest BCUT2D eigenvalue weighted by molar-refractivity contribution is -0.150. The fourth-order valence-corrected chi connectivity index (χ4v) is 6.86. The number of hydrogen-bond acceptors (Lipinski definition) is 3. The van der Waals surface area contributed by atoms with E-state index in [1.54, 1.807) is 0 Å². The summed E-state index contributed by atoms with van der Waals surface area (Å²) in [6.07, 6.45) is 53.5. The molecule has 0 radical (unpaired) electrons. The van der Waals surface area contributed by atoms with Crippen molar-refractivity contribution in [2.45, 2.75) is 258 Å². The highest BCUT2D eigenvalue weighted by Crippen LogP contribution is 2.19. The Bertz CT molecular complexity index is 757. The second-order valence-corrected chi connectivity index (χ2v) is 15.2. The predicted octanol–water partition coefficient (Wildman–Crippen LogP) is 15.6. The molecule has 0 fully saturated rings. The lowest BCUT2D eigenvalue weighted by Crippen LogP contribution is -2.18. The van der Waals surface area contributed by atoms with E-state index in [1.165, 1.54) is 167 Å². The third-order valence-electron chi connectivity index (χ3n) is 10.2. The maximum atomic E-state index is 12.7. The van der Waals surface area contributed by atoms with Gasteiger partial charge in [-0.2, -0.15) is 0 Å². The molecule has 0 aromatic heterocycles. The number of aliphatic carboxylic acids is 1. The van der Waals surface area contributed by atoms with Gasteiger partial charge in [0.2, 0.25) is 0 Å². The van der Waals surface area contributed by atoms with Crippen molar-refractivity contribution in [3.63, 3.8) is 0 Å². The third kappa shape index (κ3) is 40.8. The van der Waals surface area contributed by atoms with Gasteiger partial charge < -0.3 is 9.84 Å². The summed E-state index contributed by atoms with van der Waals surface area (Å²) in [6.45, 7) is 4.54. The molecule has 50 heavy (non-hydrogen) atoms. The molecule has 0 bridgehead atoms. The van der Waals surface area contributed by atoms with Gasteiger partial charge in [0.25, 0.3) is 0 Å². The van der Waals surface area contributed by atoms with Gasteiger partial charge >= 0.3 is 11.9 Å². The average molecular weight is 703 g/mol. The van der Waals surface area contributed by atoms with E-state index in [-0.39, 0.29) is 18.5 Å². The first-order chi connectivity index (χ1) is 24.6. The minimum absolute atomic E-state index is 0.00355. The van der Waals surface area contributed by atoms with Gasteiger partial charge in [0, 0.05) is 12.8 Å². The molecule has 0 saturated heterocycles. The summed E-state index contributed by atoms with van der Waals surface area (Å²) < 4.78 is 5.97. The molecule has 1 N–H and O–H groups in total. The van der Waals surface area contributed by atoms with Crippen LogP contribution in [0.15, 0.2) is 24.3 Å². The zero-order valence-corrected chi connectivity index (χ0v) is 33.7. The molecule has 0 aromatic carbocycles. The number of carboxylic acids is 1. The van der Waals surface area contributed by atoms with Crippen LogP contribution in [0.1, 0.15) is 251 Å². The molecule has 0 amide bonds. The van der Waals surface area contributed by atoms with Crippen LogP contribution in [-0.2, 0) is 14.3 Å². The lowest BCUT2D eigenvalue weighted by atomic mass is 10.0. The number of carbonyl (C=O) groups excluding carboxylic acids is 1. The van der Waals surface area contributed by atoms with Crippen molar-refractivity contribution in [3.05, 3.63) is 24.3 Å². The standard InChI is InChI=1S/C46H86O4/c1-3-5-7-9-11-13-15-17-18-19-20-21-22-23-24-26-28-30-32-34-39-43-46(49)50-44(41-37-35-38-42-45(47)48)40-36-33-31-29-27-25-16-14-12-10-8-6-4-2/h11,13,17-18,44H,3-10,12,14-16,19-43H2,1-2H3,(H,47,48)/b13-11-,18-17-. The molecule has 4 nitrogen and oxygen atoms in total. The molecule has 0 spiro atoms. The molecule has 0 aromatic rings. The van der Waals surface area contributed by atoms with E-state index in [0.29, 0.717) is 12.8 Å². The second-order valence-electron chi connectivity index (χ2n) is 15.2. The summed E-state index contributed by atoms with van der Waals surface area (Å²) in [5.74, 6) is -0.748. The minimum atomic E-state index is -0.721. The number of allylic oxidation sites excluding steroid dienone is 4. The van der Waals surface area contributed by atoms with Gasteiger partial charge in [-0.15, -0.1) is 0 Å². The molecular weight excluding hydrogens is 617 g/mol. The number of rotatable bonds is 41. The van der Waals surface area contributed by atoms with E-state index in [1.807, 2.05) is 0 Å². The smallest absolute Gasteiger partial charge is 0.306 e. The summed E-state index contributed by atoms with van der Waals surface area (Å²) in [6, 6.07) is 0. The van der Waals surface area contributed by atoms with Gasteiger partial charge in [-0.05, 0) is 70.6 Å². The highest BCUT2D eigenvalue weighted by Gasteiger charge is 2.14. The largest absolute Gasteiger partial charge is 0.481 e. The van der Waals surface area contributed by atoms with Crippen LogP contribution in [0.2, 0.25) is 0 Å². The van der Waals surface area contributed by atoms with Crippen molar-refractivity contribution in [3.8, 4) is 0 Å². The molecule has 1 atom stereocenters. The van der Waals surface area contributed by atoms with Gasteiger partial charge in [0.1, 0.15) is 6.10 Å². The van der Waals surface area contributed by atoms with E-state index in [2.05, 4.69) is 38.2 Å². The van der Waals surface area contributed by atoms with E-state index in [4.69, 9.17) is 9.84 Å². The molecular formula is C46H86O4. The van der Waals surface area contributed by atoms with Crippen molar-refractivity contribution >= 4 is 11.9 Å². The van der Waals surface area contributed by atoms with Gasteiger partial charge in [-0.3, -0.25) is 9.59 Å². The molecule has 4 heteroatoms. The zero-order valence-electron chi connectivity index (χ0n) is 33.7. The predicted molar refractivity (Wildman–Crippen MR) is 218 cm³/mol. The number of ether oxygens (including phenoxy) is 1. The first kappa shape index (κ1) is 48.4. The van der Waals surface area contributed by atoms with Gasteiger partial charge in [-0.1, -0.05) is 192 Å². The Morgan fingerprint density at radius 2 is 0.780 bits per heavy atom. The maximum absolute atomic E-state index is 12.7. The van der Waals surface area contributed by atoms with Crippen LogP contribution in [0, 0.1) is 0 Å². The Labute approximate surface area is 312 Å². The molecule has 294 valence electrons. The van der Waals surface area contributed by atoms with E-state index in [0.717, 1.165) is 51.4 Å². The molecule has 0 aliphatic heterocycles. The number of carboxylic acid groups (broad SMARTS) is 1. The van der Waals surface area contributed by atoms with Crippen LogP contribution in [0.4, 0.5) is 0 Å². The fourth-order valence-electron chi connectivity index (χ4n) is 6.86. The van der Waals surface area contributed by atoms with E-state index >= 15 is 0 Å². The first-order valence-electron chi connectivity index (χ1n) is 22.3. The molecule has 0 aliphatic carbocycles. The Morgan fingerprint density at radius 1 is 0.440 bits per heavy atom. The summed E-state index contributed by atoms with van der Waals surface area (Å²) >= 11 is 0.